The molecule has 6 heteroatoms. The van der Waals surface area contributed by atoms with E-state index in [2.05, 4.69) is 36.0 Å². The minimum atomic E-state index is -3.51. The molecule has 2 aromatic carbocycles. The highest BCUT2D eigenvalue weighted by atomic mass is 32.2. The smallest absolute Gasteiger partial charge is 0.251 e. The molecule has 0 bridgehead atoms. The molecule has 0 aromatic heterocycles. The topological polar surface area (TPSA) is 75.3 Å². The van der Waals surface area contributed by atoms with Crippen LogP contribution in [0.1, 0.15) is 55.2 Å². The van der Waals surface area contributed by atoms with E-state index in [1.165, 1.54) is 29.8 Å². The van der Waals surface area contributed by atoms with Gasteiger partial charge in [0.25, 0.3) is 5.91 Å². The molecule has 0 aliphatic rings. The molecule has 0 radical (unpaired) electrons. The molecule has 27 heavy (non-hydrogen) atoms. The van der Waals surface area contributed by atoms with E-state index >= 15 is 0 Å². The van der Waals surface area contributed by atoms with Crippen molar-refractivity contribution in [2.75, 3.05) is 6.54 Å². The Kier molecular flexibility index (Phi) is 7.16. The van der Waals surface area contributed by atoms with E-state index in [9.17, 15) is 13.2 Å². The maximum absolute atomic E-state index is 12.5. The number of carbonyl (C=O) groups excluding carboxylic acids is 1. The lowest BCUT2D eigenvalue weighted by Crippen LogP contribution is -2.27. The van der Waals surface area contributed by atoms with E-state index < -0.39 is 10.0 Å². The Hall–Kier alpha value is -2.18. The summed E-state index contributed by atoms with van der Waals surface area (Å²) in [4.78, 5) is 12.6. The zero-order chi connectivity index (χ0) is 20.0. The molecule has 0 fully saturated rings. The van der Waals surface area contributed by atoms with Crippen LogP contribution in [0.15, 0.2) is 53.4 Å². The summed E-state index contributed by atoms with van der Waals surface area (Å²) in [6.45, 7) is 8.34. The normalized spacial score (nSPS) is 12.8. The first-order valence-corrected chi connectivity index (χ1v) is 10.7. The number of hydrogen-bond acceptors (Lipinski definition) is 3. The monoisotopic (exact) mass is 388 g/mol. The maximum Gasteiger partial charge on any atom is 0.251 e. The van der Waals surface area contributed by atoms with Crippen LogP contribution in [0.25, 0.3) is 0 Å². The fraction of sp³-hybridized carbons (Fsp3) is 0.381. The fourth-order valence-corrected chi connectivity index (χ4v) is 3.88. The van der Waals surface area contributed by atoms with Crippen molar-refractivity contribution in [3.63, 3.8) is 0 Å². The maximum atomic E-state index is 12.5. The largest absolute Gasteiger partial charge is 0.346 e. The summed E-state index contributed by atoms with van der Waals surface area (Å²) in [6, 6.07) is 14.1. The van der Waals surface area contributed by atoms with Gasteiger partial charge in [0.05, 0.1) is 10.9 Å². The third-order valence-corrected chi connectivity index (χ3v) is 5.79. The molecule has 0 aliphatic heterocycles. The summed E-state index contributed by atoms with van der Waals surface area (Å²) in [5.41, 5.74) is 2.74. The van der Waals surface area contributed by atoms with Crippen molar-refractivity contribution < 1.29 is 13.2 Å². The third-order valence-electron chi connectivity index (χ3n) is 4.23. The Bertz CT molecular complexity index is 857. The van der Waals surface area contributed by atoms with Gasteiger partial charge in [-0.2, -0.15) is 0 Å². The SMILES string of the molecule is CCNS(=O)(=O)c1ccc(C(=O)N[C@H](C)c2ccc(CC(C)C)cc2)cc1. The number of benzene rings is 2. The Morgan fingerprint density at radius 3 is 2.07 bits per heavy atom. The number of rotatable bonds is 8. The lowest BCUT2D eigenvalue weighted by molar-refractivity contribution is 0.0940. The molecule has 146 valence electrons. The van der Waals surface area contributed by atoms with E-state index in [1.807, 2.05) is 19.1 Å². The molecule has 2 aromatic rings. The van der Waals surface area contributed by atoms with Crippen LogP contribution in [0.3, 0.4) is 0 Å². The summed E-state index contributed by atoms with van der Waals surface area (Å²) in [5.74, 6) is 0.369. The van der Waals surface area contributed by atoms with Crippen molar-refractivity contribution in [2.45, 2.75) is 45.1 Å². The van der Waals surface area contributed by atoms with Crippen molar-refractivity contribution >= 4 is 15.9 Å². The Morgan fingerprint density at radius 2 is 1.56 bits per heavy atom. The average Bonchev–Trinajstić information content (AvgIpc) is 2.61. The van der Waals surface area contributed by atoms with E-state index in [-0.39, 0.29) is 16.8 Å². The van der Waals surface area contributed by atoms with Crippen LogP contribution in [0.4, 0.5) is 0 Å². The molecule has 1 atom stereocenters. The van der Waals surface area contributed by atoms with Gasteiger partial charge in [0.2, 0.25) is 10.0 Å². The van der Waals surface area contributed by atoms with Crippen molar-refractivity contribution in [1.29, 1.82) is 0 Å². The van der Waals surface area contributed by atoms with Crippen LogP contribution < -0.4 is 10.0 Å². The standard InChI is InChI=1S/C21H28N2O3S/c1-5-22-27(25,26)20-12-10-19(11-13-20)21(24)23-16(4)18-8-6-17(7-9-18)14-15(2)3/h6-13,15-16,22H,5,14H2,1-4H3,(H,23,24)/t16-/m1/s1. The zero-order valence-corrected chi connectivity index (χ0v) is 17.1. The number of hydrogen-bond donors (Lipinski definition) is 2. The molecule has 2 rings (SSSR count). The van der Waals surface area contributed by atoms with Gasteiger partial charge in [-0.25, -0.2) is 13.1 Å². The highest BCUT2D eigenvalue weighted by molar-refractivity contribution is 7.89. The Labute approximate surface area is 162 Å². The van der Waals surface area contributed by atoms with E-state index in [1.54, 1.807) is 6.92 Å². The van der Waals surface area contributed by atoms with Gasteiger partial charge in [-0.3, -0.25) is 4.79 Å². The van der Waals surface area contributed by atoms with E-state index in [4.69, 9.17) is 0 Å². The molecule has 0 unspecified atom stereocenters. The average molecular weight is 389 g/mol. The Morgan fingerprint density at radius 1 is 0.963 bits per heavy atom. The van der Waals surface area contributed by atoms with Gasteiger partial charge >= 0.3 is 0 Å². The predicted octanol–water partition coefficient (Wildman–Crippen LogP) is 3.67. The minimum Gasteiger partial charge on any atom is -0.346 e. The molecular formula is C21H28N2O3S. The molecule has 0 heterocycles. The first kappa shape index (κ1) is 21.1. The van der Waals surface area contributed by atoms with Crippen LogP contribution in [-0.2, 0) is 16.4 Å². The predicted molar refractivity (Wildman–Crippen MR) is 108 cm³/mol. The summed E-state index contributed by atoms with van der Waals surface area (Å²) >= 11 is 0. The van der Waals surface area contributed by atoms with Crippen molar-refractivity contribution in [3.8, 4) is 0 Å². The van der Waals surface area contributed by atoms with Gasteiger partial charge in [-0.1, -0.05) is 45.0 Å². The molecule has 0 saturated heterocycles. The van der Waals surface area contributed by atoms with E-state index in [0.29, 0.717) is 18.0 Å². The quantitative estimate of drug-likeness (QED) is 0.724. The second kappa shape index (κ2) is 9.15. The molecule has 2 N–H and O–H groups in total. The van der Waals surface area contributed by atoms with Gasteiger partial charge in [-0.05, 0) is 54.7 Å². The lowest BCUT2D eigenvalue weighted by atomic mass is 10.00. The van der Waals surface area contributed by atoms with Crippen LogP contribution in [0.5, 0.6) is 0 Å². The van der Waals surface area contributed by atoms with Crippen LogP contribution in [-0.4, -0.2) is 20.9 Å². The molecule has 0 aliphatic carbocycles. The third kappa shape index (κ3) is 5.91. The van der Waals surface area contributed by atoms with Gasteiger partial charge in [0, 0.05) is 12.1 Å². The van der Waals surface area contributed by atoms with Crippen LogP contribution in [0, 0.1) is 5.92 Å². The van der Waals surface area contributed by atoms with Gasteiger partial charge in [0.15, 0.2) is 0 Å². The zero-order valence-electron chi connectivity index (χ0n) is 16.3. The number of nitrogens with one attached hydrogen (secondary N) is 2. The van der Waals surface area contributed by atoms with Gasteiger partial charge < -0.3 is 5.32 Å². The molecular weight excluding hydrogens is 360 g/mol. The van der Waals surface area contributed by atoms with Crippen LogP contribution >= 0.6 is 0 Å². The first-order chi connectivity index (χ1) is 12.7. The van der Waals surface area contributed by atoms with Crippen molar-refractivity contribution in [1.82, 2.24) is 10.0 Å². The molecule has 0 spiro atoms. The fourth-order valence-electron chi connectivity index (χ4n) is 2.84. The Balaban J connectivity index is 2.03. The van der Waals surface area contributed by atoms with Gasteiger partial charge in [0.1, 0.15) is 0 Å². The second-order valence-electron chi connectivity index (χ2n) is 7.06. The highest BCUT2D eigenvalue weighted by Crippen LogP contribution is 2.17. The van der Waals surface area contributed by atoms with Crippen LogP contribution in [0.2, 0.25) is 0 Å². The first-order valence-electron chi connectivity index (χ1n) is 9.22. The second-order valence-corrected chi connectivity index (χ2v) is 8.83. The van der Waals surface area contributed by atoms with Crippen molar-refractivity contribution in [3.05, 3.63) is 65.2 Å². The molecule has 0 saturated carbocycles. The summed E-state index contributed by atoms with van der Waals surface area (Å²) in [7, 11) is -3.51. The summed E-state index contributed by atoms with van der Waals surface area (Å²) < 4.78 is 26.3. The number of sulfonamides is 1. The van der Waals surface area contributed by atoms with E-state index in [0.717, 1.165) is 12.0 Å². The summed E-state index contributed by atoms with van der Waals surface area (Å²) in [5, 5.41) is 2.95. The number of carbonyl (C=O) groups is 1. The van der Waals surface area contributed by atoms with Crippen molar-refractivity contribution in [2.24, 2.45) is 5.92 Å². The number of amides is 1. The van der Waals surface area contributed by atoms with Gasteiger partial charge in [-0.15, -0.1) is 0 Å². The molecule has 1 amide bonds. The lowest BCUT2D eigenvalue weighted by Gasteiger charge is -2.15. The minimum absolute atomic E-state index is 0.143. The highest BCUT2D eigenvalue weighted by Gasteiger charge is 2.15. The summed E-state index contributed by atoms with van der Waals surface area (Å²) in [6.07, 6.45) is 1.03. The molecule has 5 nitrogen and oxygen atoms in total.